The van der Waals surface area contributed by atoms with E-state index in [1.54, 1.807) is 0 Å². The van der Waals surface area contributed by atoms with Crippen molar-refractivity contribution in [2.24, 2.45) is 0 Å². The third kappa shape index (κ3) is 6.79. The lowest BCUT2D eigenvalue weighted by molar-refractivity contribution is -0.122. The number of nitrogens with one attached hydrogen (secondary N) is 1. The van der Waals surface area contributed by atoms with Crippen LogP contribution in [-0.4, -0.2) is 18.6 Å². The van der Waals surface area contributed by atoms with Gasteiger partial charge in [-0.1, -0.05) is 51.3 Å². The molecule has 0 aromatic heterocycles. The molecule has 0 heterocycles. The van der Waals surface area contributed by atoms with Gasteiger partial charge in [-0.2, -0.15) is 0 Å². The SMILES string of the molecule is CCCCCCOc1ccc(NC(=O)[C@H](CC)Oc2ccccc2)cc1. The second-order valence-corrected chi connectivity index (χ2v) is 6.25. The number of amides is 1. The smallest absolute Gasteiger partial charge is 0.265 e. The number of carbonyl (C=O) groups excluding carboxylic acids is 1. The van der Waals surface area contributed by atoms with Gasteiger partial charge < -0.3 is 14.8 Å². The van der Waals surface area contributed by atoms with Crippen LogP contribution >= 0.6 is 0 Å². The first-order valence-electron chi connectivity index (χ1n) is 9.48. The van der Waals surface area contributed by atoms with Crippen molar-refractivity contribution < 1.29 is 14.3 Å². The first-order chi connectivity index (χ1) is 12.7. The normalized spacial score (nSPS) is 11.6. The summed E-state index contributed by atoms with van der Waals surface area (Å²) in [5.41, 5.74) is 0.739. The van der Waals surface area contributed by atoms with E-state index in [1.807, 2.05) is 61.5 Å². The molecule has 140 valence electrons. The van der Waals surface area contributed by atoms with E-state index in [9.17, 15) is 4.79 Å². The first kappa shape index (κ1) is 19.8. The molecule has 1 atom stereocenters. The number of ether oxygens (including phenoxy) is 2. The van der Waals surface area contributed by atoms with E-state index in [1.165, 1.54) is 19.3 Å². The number of carbonyl (C=O) groups is 1. The molecule has 26 heavy (non-hydrogen) atoms. The van der Waals surface area contributed by atoms with Crippen LogP contribution in [0, 0.1) is 0 Å². The molecule has 0 fully saturated rings. The maximum absolute atomic E-state index is 12.4. The standard InChI is InChI=1S/C22H29NO3/c1-3-5-6-10-17-25-19-15-13-18(14-16-19)23-22(24)21(4-2)26-20-11-8-7-9-12-20/h7-9,11-16,21H,3-6,10,17H2,1-2H3,(H,23,24)/t21-/m0/s1. The van der Waals surface area contributed by atoms with Gasteiger partial charge in [0.1, 0.15) is 11.5 Å². The number of rotatable bonds is 11. The zero-order valence-electron chi connectivity index (χ0n) is 15.7. The molecule has 0 aliphatic carbocycles. The van der Waals surface area contributed by atoms with Crippen LogP contribution in [0.5, 0.6) is 11.5 Å². The molecular weight excluding hydrogens is 326 g/mol. The van der Waals surface area contributed by atoms with Crippen molar-refractivity contribution in [3.8, 4) is 11.5 Å². The summed E-state index contributed by atoms with van der Waals surface area (Å²) in [6.07, 6.45) is 4.82. The summed E-state index contributed by atoms with van der Waals surface area (Å²) in [5.74, 6) is 1.37. The highest BCUT2D eigenvalue weighted by molar-refractivity contribution is 5.94. The van der Waals surface area contributed by atoms with Crippen LogP contribution in [0.1, 0.15) is 46.0 Å². The Balaban J connectivity index is 1.82. The fraction of sp³-hybridized carbons (Fsp3) is 0.409. The molecule has 0 unspecified atom stereocenters. The van der Waals surface area contributed by atoms with Gasteiger partial charge in [0.25, 0.3) is 5.91 Å². The minimum Gasteiger partial charge on any atom is -0.494 e. The highest BCUT2D eigenvalue weighted by Crippen LogP contribution is 2.18. The molecule has 0 saturated carbocycles. The van der Waals surface area contributed by atoms with Gasteiger partial charge in [-0.25, -0.2) is 0 Å². The molecule has 0 radical (unpaired) electrons. The minimum atomic E-state index is -0.521. The van der Waals surface area contributed by atoms with Crippen molar-refractivity contribution in [3.05, 3.63) is 54.6 Å². The average molecular weight is 355 g/mol. The predicted octanol–water partition coefficient (Wildman–Crippen LogP) is 5.44. The second kappa shape index (κ2) is 11.2. The number of hydrogen-bond donors (Lipinski definition) is 1. The van der Waals surface area contributed by atoms with E-state index < -0.39 is 6.10 Å². The predicted molar refractivity (Wildman–Crippen MR) is 106 cm³/mol. The highest BCUT2D eigenvalue weighted by atomic mass is 16.5. The molecule has 1 amide bonds. The Morgan fingerprint density at radius 2 is 1.65 bits per heavy atom. The van der Waals surface area contributed by atoms with Gasteiger partial charge in [0.2, 0.25) is 0 Å². The van der Waals surface area contributed by atoms with Crippen LogP contribution in [0.15, 0.2) is 54.6 Å². The number of benzene rings is 2. The lowest BCUT2D eigenvalue weighted by Gasteiger charge is -2.17. The average Bonchev–Trinajstić information content (AvgIpc) is 2.68. The molecule has 0 spiro atoms. The monoisotopic (exact) mass is 355 g/mol. The minimum absolute atomic E-state index is 0.149. The van der Waals surface area contributed by atoms with Crippen LogP contribution in [0.4, 0.5) is 5.69 Å². The van der Waals surface area contributed by atoms with Crippen LogP contribution < -0.4 is 14.8 Å². The summed E-state index contributed by atoms with van der Waals surface area (Å²) in [4.78, 5) is 12.4. The van der Waals surface area contributed by atoms with Crippen molar-refractivity contribution in [1.82, 2.24) is 0 Å². The maximum atomic E-state index is 12.4. The summed E-state index contributed by atoms with van der Waals surface area (Å²) < 4.78 is 11.5. The van der Waals surface area contributed by atoms with Crippen LogP contribution in [0.25, 0.3) is 0 Å². The van der Waals surface area contributed by atoms with Gasteiger partial charge in [-0.05, 0) is 49.2 Å². The van der Waals surface area contributed by atoms with Crippen LogP contribution in [-0.2, 0) is 4.79 Å². The van der Waals surface area contributed by atoms with Gasteiger partial charge in [0.15, 0.2) is 6.10 Å². The van der Waals surface area contributed by atoms with E-state index in [-0.39, 0.29) is 5.91 Å². The maximum Gasteiger partial charge on any atom is 0.265 e. The van der Waals surface area contributed by atoms with E-state index in [2.05, 4.69) is 12.2 Å². The van der Waals surface area contributed by atoms with E-state index in [4.69, 9.17) is 9.47 Å². The zero-order valence-corrected chi connectivity index (χ0v) is 15.7. The van der Waals surface area contributed by atoms with E-state index >= 15 is 0 Å². The zero-order chi connectivity index (χ0) is 18.6. The van der Waals surface area contributed by atoms with Gasteiger partial charge in [0, 0.05) is 5.69 Å². The lowest BCUT2D eigenvalue weighted by Crippen LogP contribution is -2.32. The van der Waals surface area contributed by atoms with Crippen molar-refractivity contribution in [1.29, 1.82) is 0 Å². The molecule has 0 saturated heterocycles. The van der Waals surface area contributed by atoms with Crippen molar-refractivity contribution in [2.75, 3.05) is 11.9 Å². The number of anilines is 1. The van der Waals surface area contributed by atoms with Gasteiger partial charge in [0.05, 0.1) is 6.61 Å². The Hall–Kier alpha value is -2.49. The summed E-state index contributed by atoms with van der Waals surface area (Å²) in [7, 11) is 0. The van der Waals surface area contributed by atoms with Crippen molar-refractivity contribution in [2.45, 2.75) is 52.1 Å². The quantitative estimate of drug-likeness (QED) is 0.546. The Morgan fingerprint density at radius 1 is 0.923 bits per heavy atom. The summed E-state index contributed by atoms with van der Waals surface area (Å²) in [5, 5.41) is 2.90. The lowest BCUT2D eigenvalue weighted by atomic mass is 10.2. The van der Waals surface area contributed by atoms with Crippen LogP contribution in [0.2, 0.25) is 0 Å². The molecule has 4 nitrogen and oxygen atoms in total. The largest absolute Gasteiger partial charge is 0.494 e. The topological polar surface area (TPSA) is 47.6 Å². The van der Waals surface area contributed by atoms with Crippen molar-refractivity contribution in [3.63, 3.8) is 0 Å². The Morgan fingerprint density at radius 3 is 2.31 bits per heavy atom. The summed E-state index contributed by atoms with van der Waals surface area (Å²) >= 11 is 0. The molecule has 2 aromatic rings. The van der Waals surface area contributed by atoms with Gasteiger partial charge in [-0.3, -0.25) is 4.79 Å². The first-order valence-corrected chi connectivity index (χ1v) is 9.48. The molecule has 0 aliphatic rings. The molecule has 0 bridgehead atoms. The third-order valence-corrected chi connectivity index (χ3v) is 4.07. The Bertz CT molecular complexity index is 640. The third-order valence-electron chi connectivity index (χ3n) is 4.07. The van der Waals surface area contributed by atoms with E-state index in [0.717, 1.165) is 24.5 Å². The fourth-order valence-electron chi connectivity index (χ4n) is 2.56. The second-order valence-electron chi connectivity index (χ2n) is 6.25. The molecular formula is C22H29NO3. The molecule has 0 aliphatic heterocycles. The van der Waals surface area contributed by atoms with Gasteiger partial charge >= 0.3 is 0 Å². The number of para-hydroxylation sites is 1. The highest BCUT2D eigenvalue weighted by Gasteiger charge is 2.18. The molecule has 2 aromatic carbocycles. The molecule has 1 N–H and O–H groups in total. The molecule has 2 rings (SSSR count). The van der Waals surface area contributed by atoms with E-state index in [0.29, 0.717) is 12.2 Å². The van der Waals surface area contributed by atoms with Crippen LogP contribution in [0.3, 0.4) is 0 Å². The fourth-order valence-corrected chi connectivity index (χ4v) is 2.56. The number of hydrogen-bond acceptors (Lipinski definition) is 3. The summed E-state index contributed by atoms with van der Waals surface area (Å²) in [6.45, 7) is 4.86. The van der Waals surface area contributed by atoms with Crippen molar-refractivity contribution >= 4 is 11.6 Å². The summed E-state index contributed by atoms with van der Waals surface area (Å²) in [6, 6.07) is 16.9. The van der Waals surface area contributed by atoms with Gasteiger partial charge in [-0.15, -0.1) is 0 Å². The number of unbranched alkanes of at least 4 members (excludes halogenated alkanes) is 3. The Labute approximate surface area is 156 Å². The molecule has 4 heteroatoms. The Kier molecular flexibility index (Phi) is 8.53.